The van der Waals surface area contributed by atoms with E-state index in [9.17, 15) is 5.11 Å². The third-order valence-electron chi connectivity index (χ3n) is 6.75. The highest BCUT2D eigenvalue weighted by Crippen LogP contribution is 2.43. The summed E-state index contributed by atoms with van der Waals surface area (Å²) in [5.74, 6) is -1.13. The number of ether oxygens (including phenoxy) is 1. The number of aromatic nitrogens is 1. The lowest BCUT2D eigenvalue weighted by atomic mass is 9.98. The van der Waals surface area contributed by atoms with Crippen LogP contribution in [0.15, 0.2) is 76.1 Å². The molecule has 5 rings (SSSR count). The van der Waals surface area contributed by atoms with Crippen molar-refractivity contribution >= 4 is 33.9 Å². The molecule has 36 heavy (non-hydrogen) atoms. The predicted molar refractivity (Wildman–Crippen MR) is 145 cm³/mol. The molecule has 1 N–H and O–H groups in total. The van der Waals surface area contributed by atoms with Crippen LogP contribution in [0, 0.1) is 0 Å². The van der Waals surface area contributed by atoms with Gasteiger partial charge in [0, 0.05) is 55.2 Å². The average molecular weight is 485 g/mol. The Labute approximate surface area is 211 Å². The second-order valence-electron chi connectivity index (χ2n) is 8.74. The van der Waals surface area contributed by atoms with Crippen LogP contribution >= 0.6 is 0 Å². The number of aliphatic imine (C=N–C) groups is 1. The highest BCUT2D eigenvalue weighted by molar-refractivity contribution is 6.07. The lowest BCUT2D eigenvalue weighted by Crippen LogP contribution is -2.44. The predicted octanol–water partition coefficient (Wildman–Crippen LogP) is 5.88. The molecule has 186 valence electrons. The molecule has 1 aromatic heterocycles. The van der Waals surface area contributed by atoms with Crippen molar-refractivity contribution in [3.8, 4) is 5.75 Å². The van der Waals surface area contributed by atoms with Crippen molar-refractivity contribution < 1.29 is 14.3 Å². The third-order valence-corrected chi connectivity index (χ3v) is 6.75. The van der Waals surface area contributed by atoms with E-state index in [2.05, 4.69) is 37.5 Å². The van der Waals surface area contributed by atoms with E-state index in [-0.39, 0.29) is 11.6 Å². The van der Waals surface area contributed by atoms with E-state index in [0.29, 0.717) is 28.1 Å². The molecule has 4 aromatic rings. The number of hydrogen-bond acceptors (Lipinski definition) is 7. The molecule has 0 fully saturated rings. The molecule has 0 amide bonds. The van der Waals surface area contributed by atoms with Gasteiger partial charge in [-0.2, -0.15) is 0 Å². The van der Waals surface area contributed by atoms with E-state index >= 15 is 0 Å². The minimum absolute atomic E-state index is 0.220. The fourth-order valence-corrected chi connectivity index (χ4v) is 4.72. The zero-order valence-electron chi connectivity index (χ0n) is 21.2. The molecule has 0 saturated carbocycles. The van der Waals surface area contributed by atoms with Gasteiger partial charge in [-0.15, -0.1) is 0 Å². The van der Waals surface area contributed by atoms with Crippen molar-refractivity contribution in [1.29, 1.82) is 0 Å². The Hall–Kier alpha value is -3.84. The normalized spacial score (nSPS) is 16.9. The minimum atomic E-state index is -1.86. The molecule has 1 atom stereocenters. The van der Waals surface area contributed by atoms with Crippen LogP contribution in [0.1, 0.15) is 39.1 Å². The lowest BCUT2D eigenvalue weighted by molar-refractivity contribution is -0.0839. The van der Waals surface area contributed by atoms with Crippen molar-refractivity contribution in [2.45, 2.75) is 33.5 Å². The molecule has 3 aromatic carbocycles. The number of oxazole rings is 1. The van der Waals surface area contributed by atoms with Crippen LogP contribution in [0.5, 0.6) is 5.75 Å². The standard InChI is InChI=1S/C29H32N4O3/c1-5-32(6-2)21-14-16-23-25(18-21)35-28(31-23)27-29(34,20-12-10-9-11-13-20)36-26-19-22(33(7-3)8-4)15-17-24(26)30-27/h9-19,34H,5-8H2,1-4H3. The first kappa shape index (κ1) is 23.9. The number of hydrogen-bond donors (Lipinski definition) is 1. The number of fused-ring (bicyclic) bond motifs is 2. The quantitative estimate of drug-likeness (QED) is 0.337. The monoisotopic (exact) mass is 484 g/mol. The summed E-state index contributed by atoms with van der Waals surface area (Å²) in [5, 5.41) is 12.0. The lowest BCUT2D eigenvalue weighted by Gasteiger charge is -2.33. The summed E-state index contributed by atoms with van der Waals surface area (Å²) < 4.78 is 12.5. The molecule has 0 radical (unpaired) electrons. The Balaban J connectivity index is 1.65. The van der Waals surface area contributed by atoms with Crippen LogP contribution in [0.4, 0.5) is 17.1 Å². The second kappa shape index (κ2) is 9.66. The maximum atomic E-state index is 12.0. The Bertz CT molecular complexity index is 1390. The molecule has 0 bridgehead atoms. The molecule has 0 spiro atoms. The van der Waals surface area contributed by atoms with Gasteiger partial charge in [0.25, 0.3) is 5.79 Å². The fraction of sp³-hybridized carbons (Fsp3) is 0.310. The first-order chi connectivity index (χ1) is 17.5. The Morgan fingerprint density at radius 2 is 1.44 bits per heavy atom. The van der Waals surface area contributed by atoms with Gasteiger partial charge in [-0.25, -0.2) is 9.98 Å². The van der Waals surface area contributed by atoms with E-state index < -0.39 is 5.79 Å². The molecular formula is C29H32N4O3. The highest BCUT2D eigenvalue weighted by atomic mass is 16.6. The van der Waals surface area contributed by atoms with Crippen molar-refractivity contribution in [2.75, 3.05) is 36.0 Å². The zero-order chi connectivity index (χ0) is 25.3. The van der Waals surface area contributed by atoms with Gasteiger partial charge in [0.15, 0.2) is 17.0 Å². The van der Waals surface area contributed by atoms with Crippen LogP contribution in [0.3, 0.4) is 0 Å². The topological polar surface area (TPSA) is 74.3 Å². The summed E-state index contributed by atoms with van der Waals surface area (Å²) in [6.45, 7) is 12.0. The molecule has 7 heteroatoms. The van der Waals surface area contributed by atoms with Crippen LogP contribution < -0.4 is 14.5 Å². The van der Waals surface area contributed by atoms with Gasteiger partial charge in [-0.3, -0.25) is 0 Å². The van der Waals surface area contributed by atoms with Crippen LogP contribution in [-0.2, 0) is 5.79 Å². The molecule has 1 unspecified atom stereocenters. The molecule has 0 aliphatic carbocycles. The van der Waals surface area contributed by atoms with Crippen molar-refractivity contribution in [2.24, 2.45) is 4.99 Å². The average Bonchev–Trinajstić information content (AvgIpc) is 3.33. The van der Waals surface area contributed by atoms with Gasteiger partial charge in [0.2, 0.25) is 5.89 Å². The van der Waals surface area contributed by atoms with E-state index in [0.717, 1.165) is 37.6 Å². The molecule has 0 saturated heterocycles. The molecular weight excluding hydrogens is 452 g/mol. The summed E-state index contributed by atoms with van der Waals surface area (Å²) >= 11 is 0. The molecule has 2 heterocycles. The largest absolute Gasteiger partial charge is 0.450 e. The summed E-state index contributed by atoms with van der Waals surface area (Å²) in [7, 11) is 0. The van der Waals surface area contributed by atoms with E-state index in [1.807, 2.05) is 66.7 Å². The number of nitrogens with zero attached hydrogens (tertiary/aromatic N) is 4. The second-order valence-corrected chi connectivity index (χ2v) is 8.74. The van der Waals surface area contributed by atoms with E-state index in [1.165, 1.54) is 0 Å². The number of anilines is 2. The number of rotatable bonds is 8. The van der Waals surface area contributed by atoms with Gasteiger partial charge in [-0.1, -0.05) is 30.3 Å². The van der Waals surface area contributed by atoms with Gasteiger partial charge in [0.1, 0.15) is 11.2 Å². The summed E-state index contributed by atoms with van der Waals surface area (Å²) in [4.78, 5) is 14.0. The first-order valence-electron chi connectivity index (χ1n) is 12.6. The maximum Gasteiger partial charge on any atom is 0.284 e. The zero-order valence-corrected chi connectivity index (χ0v) is 21.2. The summed E-state index contributed by atoms with van der Waals surface area (Å²) in [6.07, 6.45) is 0. The van der Waals surface area contributed by atoms with E-state index in [1.54, 1.807) is 0 Å². The fourth-order valence-electron chi connectivity index (χ4n) is 4.72. The Morgan fingerprint density at radius 3 is 2.11 bits per heavy atom. The Morgan fingerprint density at radius 1 is 0.806 bits per heavy atom. The van der Waals surface area contributed by atoms with Crippen molar-refractivity contribution in [3.05, 3.63) is 78.2 Å². The minimum Gasteiger partial charge on any atom is -0.450 e. The molecule has 7 nitrogen and oxygen atoms in total. The number of aliphatic hydroxyl groups is 1. The smallest absolute Gasteiger partial charge is 0.284 e. The first-order valence-corrected chi connectivity index (χ1v) is 12.6. The van der Waals surface area contributed by atoms with Crippen LogP contribution in [0.2, 0.25) is 0 Å². The van der Waals surface area contributed by atoms with Gasteiger partial charge in [0.05, 0.1) is 0 Å². The Kier molecular flexibility index (Phi) is 6.41. The molecule has 1 aliphatic heterocycles. The van der Waals surface area contributed by atoms with Crippen LogP contribution in [-0.4, -0.2) is 42.0 Å². The summed E-state index contributed by atoms with van der Waals surface area (Å²) in [5.41, 5.74) is 4.79. The molecule has 1 aliphatic rings. The highest BCUT2D eigenvalue weighted by Gasteiger charge is 2.45. The SMILES string of the molecule is CCN(CC)c1ccc2c(c1)OC(O)(c1ccccc1)C(c1nc3ccc(N(CC)CC)cc3o1)=N2. The number of benzene rings is 3. The van der Waals surface area contributed by atoms with Crippen molar-refractivity contribution in [1.82, 2.24) is 4.98 Å². The van der Waals surface area contributed by atoms with Gasteiger partial charge >= 0.3 is 0 Å². The van der Waals surface area contributed by atoms with Crippen molar-refractivity contribution in [3.63, 3.8) is 0 Å². The maximum absolute atomic E-state index is 12.0. The third kappa shape index (κ3) is 4.09. The van der Waals surface area contributed by atoms with E-state index in [4.69, 9.17) is 19.1 Å². The van der Waals surface area contributed by atoms with Gasteiger partial charge < -0.3 is 24.1 Å². The van der Waals surface area contributed by atoms with Gasteiger partial charge in [-0.05, 0) is 52.0 Å². The summed E-state index contributed by atoms with van der Waals surface area (Å²) in [6, 6.07) is 21.1. The van der Waals surface area contributed by atoms with Crippen LogP contribution in [0.25, 0.3) is 11.1 Å².